The second-order valence-corrected chi connectivity index (χ2v) is 12.6. The van der Waals surface area contributed by atoms with Gasteiger partial charge < -0.3 is 9.55 Å². The standard InChI is InChI=1S/C30H35N5O2/c36-28-16-31-26(15-32-28)29-30(37)35(27-7-2-1-6-25(27)33-29)23-13-20-4-3-5-21(14-23)34(20)22-9-17-8-18-11-19(12-22)24(18)10-17/h1-2,6-7,15-24H,3-5,8-14H2,(H,32,36)/t17-,18+,19+,20-,21+,22?,23+,24?/m1/s1. The highest BCUT2D eigenvalue weighted by Gasteiger charge is 2.53. The average molecular weight is 498 g/mol. The summed E-state index contributed by atoms with van der Waals surface area (Å²) in [5.41, 5.74) is 2.08. The summed E-state index contributed by atoms with van der Waals surface area (Å²) < 4.78 is 2.03. The smallest absolute Gasteiger partial charge is 0.279 e. The Labute approximate surface area is 216 Å². The second kappa shape index (κ2) is 8.35. The maximum atomic E-state index is 14.0. The Balaban J connectivity index is 1.16. The first-order valence-electron chi connectivity index (χ1n) is 14.5. The lowest BCUT2D eigenvalue weighted by Crippen LogP contribution is -2.58. The van der Waals surface area contributed by atoms with E-state index in [0.29, 0.717) is 23.5 Å². The Morgan fingerprint density at radius 3 is 2.46 bits per heavy atom. The van der Waals surface area contributed by atoms with E-state index >= 15 is 0 Å². The Bertz CT molecular complexity index is 1440. The predicted molar refractivity (Wildman–Crippen MR) is 142 cm³/mol. The molecule has 5 aliphatic rings. The Hall–Kier alpha value is -2.80. The number of piperidine rings is 2. The highest BCUT2D eigenvalue weighted by Crippen LogP contribution is 2.59. The minimum absolute atomic E-state index is 0.0953. The molecule has 2 aromatic heterocycles. The molecule has 8 rings (SSSR count). The molecule has 0 radical (unpaired) electrons. The van der Waals surface area contributed by atoms with Gasteiger partial charge in [0.25, 0.3) is 11.1 Å². The molecule has 4 heterocycles. The number of aromatic nitrogens is 4. The second-order valence-electron chi connectivity index (χ2n) is 12.6. The minimum Gasteiger partial charge on any atom is -0.326 e. The number of nitrogens with one attached hydrogen (secondary N) is 1. The molecular weight excluding hydrogens is 462 g/mol. The summed E-state index contributed by atoms with van der Waals surface area (Å²) in [5.74, 6) is 4.01. The van der Waals surface area contributed by atoms with Gasteiger partial charge in [0.1, 0.15) is 5.69 Å². The molecule has 192 valence electrons. The van der Waals surface area contributed by atoms with Gasteiger partial charge in [-0.2, -0.15) is 0 Å². The maximum absolute atomic E-state index is 14.0. The van der Waals surface area contributed by atoms with Crippen molar-refractivity contribution in [2.75, 3.05) is 0 Å². The predicted octanol–water partition coefficient (Wildman–Crippen LogP) is 4.53. The lowest BCUT2D eigenvalue weighted by atomic mass is 9.64. The van der Waals surface area contributed by atoms with Crippen LogP contribution in [0, 0.1) is 23.7 Å². The molecule has 3 aliphatic carbocycles. The number of hydrogen-bond donors (Lipinski definition) is 1. The molecule has 3 aromatic rings. The lowest BCUT2D eigenvalue weighted by molar-refractivity contribution is -0.0437. The Kier molecular flexibility index (Phi) is 5.01. The van der Waals surface area contributed by atoms with E-state index in [9.17, 15) is 9.59 Å². The van der Waals surface area contributed by atoms with Crippen LogP contribution in [0.2, 0.25) is 0 Å². The number of fused-ring (bicyclic) bond motifs is 4. The van der Waals surface area contributed by atoms with Gasteiger partial charge in [-0.15, -0.1) is 0 Å². The van der Waals surface area contributed by atoms with Crippen LogP contribution in [0.15, 0.2) is 46.2 Å². The van der Waals surface area contributed by atoms with E-state index in [1.54, 1.807) is 0 Å². The van der Waals surface area contributed by atoms with E-state index in [1.165, 1.54) is 63.8 Å². The molecule has 5 fully saturated rings. The largest absolute Gasteiger partial charge is 0.326 e. The normalized spacial score (nSPS) is 36.8. The zero-order valence-corrected chi connectivity index (χ0v) is 21.3. The number of nitrogens with zero attached hydrogens (tertiary/aromatic N) is 4. The van der Waals surface area contributed by atoms with Gasteiger partial charge in [0.2, 0.25) is 0 Å². The van der Waals surface area contributed by atoms with Crippen molar-refractivity contribution in [1.82, 2.24) is 24.4 Å². The van der Waals surface area contributed by atoms with E-state index in [0.717, 1.165) is 53.6 Å². The molecular formula is C30H35N5O2. The third-order valence-electron chi connectivity index (χ3n) is 10.7. The van der Waals surface area contributed by atoms with Gasteiger partial charge in [-0.3, -0.25) is 14.5 Å². The zero-order chi connectivity index (χ0) is 24.7. The van der Waals surface area contributed by atoms with Crippen molar-refractivity contribution >= 4 is 11.0 Å². The summed E-state index contributed by atoms with van der Waals surface area (Å²) in [6, 6.07) is 9.99. The molecule has 4 bridgehead atoms. The quantitative estimate of drug-likeness (QED) is 0.575. The summed E-state index contributed by atoms with van der Waals surface area (Å²) in [4.78, 5) is 40.2. The number of benzene rings is 1. The Morgan fingerprint density at radius 2 is 1.65 bits per heavy atom. The molecule has 8 atom stereocenters. The van der Waals surface area contributed by atoms with Gasteiger partial charge in [0, 0.05) is 30.4 Å². The van der Waals surface area contributed by atoms with E-state index in [-0.39, 0.29) is 17.2 Å². The summed E-state index contributed by atoms with van der Waals surface area (Å²) in [6.07, 6.45) is 15.9. The van der Waals surface area contributed by atoms with Crippen molar-refractivity contribution in [3.8, 4) is 11.4 Å². The molecule has 2 saturated heterocycles. The first-order valence-corrected chi connectivity index (χ1v) is 14.5. The van der Waals surface area contributed by atoms with Crippen LogP contribution >= 0.6 is 0 Å². The number of hydrogen-bond acceptors (Lipinski definition) is 5. The van der Waals surface area contributed by atoms with E-state index in [2.05, 4.69) is 14.9 Å². The van der Waals surface area contributed by atoms with Crippen LogP contribution < -0.4 is 11.1 Å². The van der Waals surface area contributed by atoms with Crippen molar-refractivity contribution in [1.29, 1.82) is 0 Å². The van der Waals surface area contributed by atoms with Gasteiger partial charge in [0.15, 0.2) is 5.69 Å². The van der Waals surface area contributed by atoms with Crippen molar-refractivity contribution in [3.63, 3.8) is 0 Å². The van der Waals surface area contributed by atoms with Crippen LogP contribution in [-0.2, 0) is 0 Å². The van der Waals surface area contributed by atoms with Crippen molar-refractivity contribution in [2.45, 2.75) is 88.4 Å². The Morgan fingerprint density at radius 1 is 0.838 bits per heavy atom. The fourth-order valence-corrected chi connectivity index (χ4v) is 9.38. The molecule has 1 aromatic carbocycles. The van der Waals surface area contributed by atoms with Gasteiger partial charge >= 0.3 is 0 Å². The maximum Gasteiger partial charge on any atom is 0.279 e. The van der Waals surface area contributed by atoms with Gasteiger partial charge in [-0.1, -0.05) is 18.6 Å². The third kappa shape index (κ3) is 3.49. The highest BCUT2D eigenvalue weighted by molar-refractivity contribution is 5.77. The fraction of sp³-hybridized carbons (Fsp3) is 0.600. The van der Waals surface area contributed by atoms with Gasteiger partial charge in [-0.25, -0.2) is 9.97 Å². The number of aromatic amines is 1. The SMILES string of the molecule is O=c1cnc(-c2nc3ccccc3n([C@H]3C[C@H]4CCC[C@@H](C3)N4C3C[C@@H]4CC5[C@H](C3)C[C@@H]5C4)c2=O)c[nH]1. The zero-order valence-electron chi connectivity index (χ0n) is 21.3. The summed E-state index contributed by atoms with van der Waals surface area (Å²) in [6.45, 7) is 0. The molecule has 37 heavy (non-hydrogen) atoms. The monoisotopic (exact) mass is 497 g/mol. The van der Waals surface area contributed by atoms with Gasteiger partial charge in [-0.05, 0) is 93.6 Å². The number of para-hydroxylation sites is 2. The molecule has 2 unspecified atom stereocenters. The minimum atomic E-state index is -0.283. The van der Waals surface area contributed by atoms with Crippen LogP contribution in [0.5, 0.6) is 0 Å². The van der Waals surface area contributed by atoms with E-state index < -0.39 is 0 Å². The van der Waals surface area contributed by atoms with Crippen LogP contribution in [0.3, 0.4) is 0 Å². The molecule has 3 saturated carbocycles. The molecule has 7 nitrogen and oxygen atoms in total. The molecule has 2 aliphatic heterocycles. The van der Waals surface area contributed by atoms with Crippen molar-refractivity contribution < 1.29 is 0 Å². The summed E-state index contributed by atoms with van der Waals surface area (Å²) >= 11 is 0. The first kappa shape index (κ1) is 22.2. The number of H-pyrrole nitrogens is 1. The van der Waals surface area contributed by atoms with Crippen molar-refractivity contribution in [3.05, 3.63) is 57.4 Å². The van der Waals surface area contributed by atoms with Crippen LogP contribution in [-0.4, -0.2) is 42.5 Å². The molecule has 0 spiro atoms. The van der Waals surface area contributed by atoms with Crippen molar-refractivity contribution in [2.24, 2.45) is 23.7 Å². The fourth-order valence-electron chi connectivity index (χ4n) is 9.38. The average Bonchev–Trinajstić information content (AvgIpc) is 3.12. The molecule has 0 amide bonds. The van der Waals surface area contributed by atoms with Crippen LogP contribution in [0.1, 0.15) is 70.3 Å². The third-order valence-corrected chi connectivity index (χ3v) is 10.7. The molecule has 7 heteroatoms. The number of rotatable bonds is 3. The summed E-state index contributed by atoms with van der Waals surface area (Å²) in [7, 11) is 0. The van der Waals surface area contributed by atoms with Crippen LogP contribution in [0.4, 0.5) is 0 Å². The van der Waals surface area contributed by atoms with Crippen LogP contribution in [0.25, 0.3) is 22.4 Å². The van der Waals surface area contributed by atoms with E-state index in [1.807, 2.05) is 28.8 Å². The topological polar surface area (TPSA) is 83.9 Å². The summed E-state index contributed by atoms with van der Waals surface area (Å²) in [5, 5.41) is 0. The highest BCUT2D eigenvalue weighted by atomic mass is 16.1. The first-order chi connectivity index (χ1) is 18.1. The molecule has 1 N–H and O–H groups in total. The lowest BCUT2D eigenvalue weighted by Gasteiger charge is -2.54. The van der Waals surface area contributed by atoms with Gasteiger partial charge in [0.05, 0.1) is 17.2 Å². The van der Waals surface area contributed by atoms with E-state index in [4.69, 9.17) is 4.98 Å².